The van der Waals surface area contributed by atoms with Crippen molar-refractivity contribution >= 4 is 11.6 Å². The molecule has 0 aliphatic heterocycles. The molecule has 1 saturated carbocycles. The highest BCUT2D eigenvalue weighted by molar-refractivity contribution is 6.29. The van der Waals surface area contributed by atoms with Crippen molar-refractivity contribution in [2.24, 2.45) is 0 Å². The van der Waals surface area contributed by atoms with E-state index in [1.165, 1.54) is 36.3 Å². The lowest BCUT2D eigenvalue weighted by Gasteiger charge is -2.23. The van der Waals surface area contributed by atoms with Gasteiger partial charge in [0, 0.05) is 25.2 Å². The van der Waals surface area contributed by atoms with Crippen LogP contribution in [0.1, 0.15) is 25.7 Å². The number of aromatic nitrogens is 2. The summed E-state index contributed by atoms with van der Waals surface area (Å²) in [6, 6.07) is 1.82. The lowest BCUT2D eigenvalue weighted by Crippen LogP contribution is -2.40. The number of halogens is 1. The van der Waals surface area contributed by atoms with E-state index >= 15 is 0 Å². The first-order valence-corrected chi connectivity index (χ1v) is 6.65. The lowest BCUT2D eigenvalue weighted by atomic mass is 10.2. The van der Waals surface area contributed by atoms with Gasteiger partial charge in [0.1, 0.15) is 5.15 Å². The second kappa shape index (κ2) is 5.71. The van der Waals surface area contributed by atoms with Crippen LogP contribution in [0.15, 0.2) is 15.7 Å². The molecule has 0 amide bonds. The molecule has 6 heteroatoms. The van der Waals surface area contributed by atoms with Crippen molar-refractivity contribution in [1.29, 1.82) is 0 Å². The van der Waals surface area contributed by atoms with Crippen molar-refractivity contribution in [2.75, 3.05) is 13.6 Å². The zero-order valence-corrected chi connectivity index (χ0v) is 11.2. The van der Waals surface area contributed by atoms with Crippen LogP contribution in [0.3, 0.4) is 0 Å². The van der Waals surface area contributed by atoms with E-state index in [0.29, 0.717) is 19.1 Å². The molecule has 1 heterocycles. The molecule has 0 spiro atoms. The van der Waals surface area contributed by atoms with Crippen LogP contribution in [-0.4, -0.2) is 34.1 Å². The Morgan fingerprint density at radius 2 is 2.11 bits per heavy atom. The summed E-state index contributed by atoms with van der Waals surface area (Å²) in [7, 11) is 2.05. The normalized spacial score (nSPS) is 16.6. The Morgan fingerprint density at radius 1 is 1.44 bits per heavy atom. The van der Waals surface area contributed by atoms with Gasteiger partial charge < -0.3 is 4.90 Å². The molecule has 1 aromatic rings. The molecule has 0 aromatic carbocycles. The lowest BCUT2D eigenvalue weighted by molar-refractivity contribution is 0.234. The number of rotatable bonds is 4. The average Bonchev–Trinajstić information content (AvgIpc) is 2.80. The molecule has 1 fully saturated rings. The van der Waals surface area contributed by atoms with Gasteiger partial charge in [-0.2, -0.15) is 0 Å². The standard InChI is InChI=1S/C12H18ClN3O2/c1-15(9-4-2-3-5-9)6-7-16-11(17)8-10(13)14-12(16)18/h8-9H,2-7H2,1H3,(H,14,18). The fourth-order valence-electron chi connectivity index (χ4n) is 2.49. The summed E-state index contributed by atoms with van der Waals surface area (Å²) >= 11 is 5.61. The van der Waals surface area contributed by atoms with Crippen LogP contribution in [0.5, 0.6) is 0 Å². The molecule has 0 bridgehead atoms. The molecular weight excluding hydrogens is 254 g/mol. The summed E-state index contributed by atoms with van der Waals surface area (Å²) < 4.78 is 1.19. The Morgan fingerprint density at radius 3 is 2.72 bits per heavy atom. The molecule has 1 N–H and O–H groups in total. The highest BCUT2D eigenvalue weighted by atomic mass is 35.5. The molecule has 0 atom stereocenters. The van der Waals surface area contributed by atoms with Crippen LogP contribution in [-0.2, 0) is 6.54 Å². The van der Waals surface area contributed by atoms with Gasteiger partial charge in [-0.25, -0.2) is 4.79 Å². The van der Waals surface area contributed by atoms with Gasteiger partial charge in [0.2, 0.25) is 0 Å². The van der Waals surface area contributed by atoms with Crippen LogP contribution >= 0.6 is 11.6 Å². The molecule has 2 rings (SSSR count). The molecule has 18 heavy (non-hydrogen) atoms. The van der Waals surface area contributed by atoms with Crippen molar-refractivity contribution in [3.05, 3.63) is 32.1 Å². The van der Waals surface area contributed by atoms with Crippen molar-refractivity contribution in [2.45, 2.75) is 38.3 Å². The largest absolute Gasteiger partial charge is 0.329 e. The highest BCUT2D eigenvalue weighted by Crippen LogP contribution is 2.21. The first kappa shape index (κ1) is 13.4. The number of hydrogen-bond donors (Lipinski definition) is 1. The monoisotopic (exact) mass is 271 g/mol. The third-order valence-corrected chi connectivity index (χ3v) is 3.82. The number of hydrogen-bond acceptors (Lipinski definition) is 3. The van der Waals surface area contributed by atoms with Crippen LogP contribution in [0, 0.1) is 0 Å². The molecule has 1 aromatic heterocycles. The summed E-state index contributed by atoms with van der Waals surface area (Å²) in [5.74, 6) is 0. The Labute approximate surface area is 110 Å². The number of aromatic amines is 1. The van der Waals surface area contributed by atoms with E-state index in [9.17, 15) is 9.59 Å². The van der Waals surface area contributed by atoms with Crippen LogP contribution in [0.2, 0.25) is 5.15 Å². The van der Waals surface area contributed by atoms with E-state index < -0.39 is 5.69 Å². The van der Waals surface area contributed by atoms with E-state index in [1.807, 2.05) is 7.05 Å². The fraction of sp³-hybridized carbons (Fsp3) is 0.667. The van der Waals surface area contributed by atoms with Gasteiger partial charge in [-0.05, 0) is 19.9 Å². The van der Waals surface area contributed by atoms with Gasteiger partial charge in [-0.3, -0.25) is 14.3 Å². The van der Waals surface area contributed by atoms with Gasteiger partial charge in [-0.15, -0.1) is 0 Å². The molecule has 0 radical (unpaired) electrons. The summed E-state index contributed by atoms with van der Waals surface area (Å²) in [5, 5.41) is 0.0883. The topological polar surface area (TPSA) is 58.1 Å². The Balaban J connectivity index is 2.02. The molecule has 1 aliphatic rings. The molecule has 0 saturated heterocycles. The molecular formula is C12H18ClN3O2. The number of H-pyrrole nitrogens is 1. The highest BCUT2D eigenvalue weighted by Gasteiger charge is 2.19. The second-order valence-electron chi connectivity index (χ2n) is 4.83. The maximum atomic E-state index is 11.6. The average molecular weight is 272 g/mol. The first-order valence-electron chi connectivity index (χ1n) is 6.28. The summed E-state index contributed by atoms with van der Waals surface area (Å²) in [6.45, 7) is 1.10. The van der Waals surface area contributed by atoms with Gasteiger partial charge in [0.15, 0.2) is 0 Å². The Kier molecular flexibility index (Phi) is 4.24. The molecule has 1 aliphatic carbocycles. The third kappa shape index (κ3) is 3.03. The van der Waals surface area contributed by atoms with Crippen molar-refractivity contribution in [1.82, 2.24) is 14.5 Å². The summed E-state index contributed by atoms with van der Waals surface area (Å²) in [4.78, 5) is 27.9. The Bertz CT molecular complexity index is 486. The maximum absolute atomic E-state index is 11.6. The van der Waals surface area contributed by atoms with Crippen molar-refractivity contribution in [3.63, 3.8) is 0 Å². The van der Waals surface area contributed by atoms with Gasteiger partial charge in [-0.1, -0.05) is 24.4 Å². The third-order valence-electron chi connectivity index (χ3n) is 3.61. The number of likely N-dealkylation sites (N-methyl/N-ethyl adjacent to an activating group) is 1. The van der Waals surface area contributed by atoms with Gasteiger partial charge in [0.05, 0.1) is 0 Å². The van der Waals surface area contributed by atoms with Crippen molar-refractivity contribution in [3.8, 4) is 0 Å². The Hall–Kier alpha value is -1.07. The predicted octanol–water partition coefficient (Wildman–Crippen LogP) is 1.06. The first-order chi connectivity index (χ1) is 8.58. The van der Waals surface area contributed by atoms with Crippen molar-refractivity contribution < 1.29 is 0 Å². The number of nitrogens with one attached hydrogen (secondary N) is 1. The quantitative estimate of drug-likeness (QED) is 0.834. The summed E-state index contributed by atoms with van der Waals surface area (Å²) in [6.07, 6.45) is 4.97. The second-order valence-corrected chi connectivity index (χ2v) is 5.24. The van der Waals surface area contributed by atoms with E-state index in [0.717, 1.165) is 0 Å². The minimum Gasteiger partial charge on any atom is -0.302 e. The van der Waals surface area contributed by atoms with E-state index in [-0.39, 0.29) is 10.7 Å². The van der Waals surface area contributed by atoms with E-state index in [1.54, 1.807) is 0 Å². The van der Waals surface area contributed by atoms with Gasteiger partial charge in [0.25, 0.3) is 5.56 Å². The summed E-state index contributed by atoms with van der Waals surface area (Å²) in [5.41, 5.74) is -0.782. The van der Waals surface area contributed by atoms with Crippen LogP contribution in [0.25, 0.3) is 0 Å². The predicted molar refractivity (Wildman–Crippen MR) is 71.2 cm³/mol. The minimum atomic E-state index is -0.438. The SMILES string of the molecule is CN(CCn1c(=O)cc(Cl)[nH]c1=O)C1CCCC1. The number of nitrogens with zero attached hydrogens (tertiary/aromatic N) is 2. The fourth-order valence-corrected chi connectivity index (χ4v) is 2.66. The maximum Gasteiger partial charge on any atom is 0.329 e. The van der Waals surface area contributed by atoms with E-state index in [2.05, 4.69) is 9.88 Å². The molecule has 0 unspecified atom stereocenters. The molecule has 100 valence electrons. The molecule has 5 nitrogen and oxygen atoms in total. The zero-order valence-electron chi connectivity index (χ0n) is 10.5. The minimum absolute atomic E-state index is 0.0883. The van der Waals surface area contributed by atoms with Gasteiger partial charge >= 0.3 is 5.69 Å². The zero-order chi connectivity index (χ0) is 13.1. The van der Waals surface area contributed by atoms with Crippen LogP contribution < -0.4 is 11.2 Å². The smallest absolute Gasteiger partial charge is 0.302 e. The van der Waals surface area contributed by atoms with Crippen LogP contribution in [0.4, 0.5) is 0 Å². The van der Waals surface area contributed by atoms with E-state index in [4.69, 9.17) is 11.6 Å².